The Morgan fingerprint density at radius 1 is 1.12 bits per heavy atom. The molecule has 2 fully saturated rings. The molecule has 6 heteroatoms. The van der Waals surface area contributed by atoms with Gasteiger partial charge in [0, 0.05) is 37.8 Å². The first-order valence-electron chi connectivity index (χ1n) is 9.13. The highest BCUT2D eigenvalue weighted by Crippen LogP contribution is 2.27. The molecule has 0 spiro atoms. The zero-order chi connectivity index (χ0) is 17.8. The van der Waals surface area contributed by atoms with Gasteiger partial charge in [0.05, 0.1) is 0 Å². The maximum Gasteiger partial charge on any atom is 0.321 e. The first-order valence-corrected chi connectivity index (χ1v) is 9.13. The van der Waals surface area contributed by atoms with Gasteiger partial charge in [-0.25, -0.2) is 9.18 Å². The summed E-state index contributed by atoms with van der Waals surface area (Å²) in [6.45, 7) is 1.29. The molecule has 1 heterocycles. The normalized spacial score (nSPS) is 21.2. The minimum absolute atomic E-state index is 0.0251. The Hall–Kier alpha value is -2.11. The minimum Gasteiger partial charge on any atom is -0.340 e. The van der Waals surface area contributed by atoms with Crippen LogP contribution in [0.3, 0.4) is 0 Å². The molecule has 1 atom stereocenters. The molecule has 5 nitrogen and oxygen atoms in total. The van der Waals surface area contributed by atoms with Crippen LogP contribution in [0.2, 0.25) is 0 Å². The smallest absolute Gasteiger partial charge is 0.321 e. The molecule has 25 heavy (non-hydrogen) atoms. The van der Waals surface area contributed by atoms with E-state index in [1.165, 1.54) is 23.5 Å². The molecule has 1 aliphatic carbocycles. The van der Waals surface area contributed by atoms with Crippen LogP contribution < -0.4 is 10.2 Å². The molecule has 1 saturated heterocycles. The van der Waals surface area contributed by atoms with E-state index >= 15 is 0 Å². The van der Waals surface area contributed by atoms with Crippen molar-refractivity contribution in [2.45, 2.75) is 44.6 Å². The highest BCUT2D eigenvalue weighted by Gasteiger charge is 2.32. The number of anilines is 1. The summed E-state index contributed by atoms with van der Waals surface area (Å²) in [5.74, 6) is 0.0960. The van der Waals surface area contributed by atoms with Crippen molar-refractivity contribution in [3.63, 3.8) is 0 Å². The molecule has 1 N–H and O–H groups in total. The van der Waals surface area contributed by atoms with Crippen LogP contribution in [0.5, 0.6) is 0 Å². The second-order valence-electron chi connectivity index (χ2n) is 7.09. The third-order valence-corrected chi connectivity index (χ3v) is 5.30. The van der Waals surface area contributed by atoms with Gasteiger partial charge in [0.2, 0.25) is 5.91 Å². The van der Waals surface area contributed by atoms with Gasteiger partial charge >= 0.3 is 6.03 Å². The molecule has 3 amide bonds. The summed E-state index contributed by atoms with van der Waals surface area (Å²) in [7, 11) is 1.66. The highest BCUT2D eigenvalue weighted by molar-refractivity contribution is 5.91. The molecule has 0 aromatic heterocycles. The fourth-order valence-electron chi connectivity index (χ4n) is 3.74. The van der Waals surface area contributed by atoms with Crippen LogP contribution in [0, 0.1) is 11.7 Å². The summed E-state index contributed by atoms with van der Waals surface area (Å²) >= 11 is 0. The Morgan fingerprint density at radius 2 is 1.80 bits per heavy atom. The number of amides is 3. The molecule has 0 radical (unpaired) electrons. The number of halogens is 1. The quantitative estimate of drug-likeness (QED) is 0.913. The van der Waals surface area contributed by atoms with E-state index in [0.29, 0.717) is 18.8 Å². The van der Waals surface area contributed by atoms with Gasteiger partial charge in [0.15, 0.2) is 0 Å². The average molecular weight is 347 g/mol. The molecular weight excluding hydrogens is 321 g/mol. The number of rotatable bonds is 3. The van der Waals surface area contributed by atoms with Gasteiger partial charge in [0.1, 0.15) is 5.82 Å². The van der Waals surface area contributed by atoms with Crippen molar-refractivity contribution in [2.75, 3.05) is 25.0 Å². The number of urea groups is 1. The first kappa shape index (κ1) is 17.7. The molecule has 1 aromatic rings. The Balaban J connectivity index is 1.51. The van der Waals surface area contributed by atoms with Crippen molar-refractivity contribution in [2.24, 2.45) is 5.92 Å². The highest BCUT2D eigenvalue weighted by atomic mass is 19.1. The van der Waals surface area contributed by atoms with E-state index in [1.54, 1.807) is 19.2 Å². The molecule has 2 aliphatic rings. The Bertz CT molecular complexity index is 614. The predicted octanol–water partition coefficient (Wildman–Crippen LogP) is 3.15. The molecule has 1 unspecified atom stereocenters. The number of nitrogens with zero attached hydrogens (tertiary/aromatic N) is 2. The van der Waals surface area contributed by atoms with Gasteiger partial charge in [-0.15, -0.1) is 0 Å². The van der Waals surface area contributed by atoms with Gasteiger partial charge < -0.3 is 10.2 Å². The zero-order valence-electron chi connectivity index (χ0n) is 14.7. The monoisotopic (exact) mass is 347 g/mol. The first-order chi connectivity index (χ1) is 12.0. The largest absolute Gasteiger partial charge is 0.340 e. The number of carbonyl (C=O) groups is 2. The van der Waals surface area contributed by atoms with Gasteiger partial charge in [-0.05, 0) is 43.5 Å². The fourth-order valence-corrected chi connectivity index (χ4v) is 3.74. The van der Waals surface area contributed by atoms with Crippen molar-refractivity contribution >= 4 is 17.6 Å². The maximum atomic E-state index is 13.0. The summed E-state index contributed by atoms with van der Waals surface area (Å²) in [5, 5.41) is 2.98. The van der Waals surface area contributed by atoms with Crippen LogP contribution >= 0.6 is 0 Å². The van der Waals surface area contributed by atoms with Crippen LogP contribution in [0.1, 0.15) is 38.5 Å². The number of benzene rings is 1. The van der Waals surface area contributed by atoms with Gasteiger partial charge in [0.25, 0.3) is 0 Å². The van der Waals surface area contributed by atoms with Crippen molar-refractivity contribution in [3.8, 4) is 0 Å². The maximum absolute atomic E-state index is 13.0. The molecule has 1 aromatic carbocycles. The van der Waals surface area contributed by atoms with E-state index in [1.807, 2.05) is 4.90 Å². The second-order valence-corrected chi connectivity index (χ2v) is 7.09. The Morgan fingerprint density at radius 3 is 2.48 bits per heavy atom. The lowest BCUT2D eigenvalue weighted by molar-refractivity contribution is -0.135. The van der Waals surface area contributed by atoms with Gasteiger partial charge in [-0.2, -0.15) is 0 Å². The van der Waals surface area contributed by atoms with Gasteiger partial charge in [-0.1, -0.05) is 19.3 Å². The van der Waals surface area contributed by atoms with Crippen LogP contribution in [0.15, 0.2) is 24.3 Å². The van der Waals surface area contributed by atoms with Crippen LogP contribution in [0.25, 0.3) is 0 Å². The van der Waals surface area contributed by atoms with Crippen molar-refractivity contribution in [1.29, 1.82) is 0 Å². The van der Waals surface area contributed by atoms with E-state index < -0.39 is 0 Å². The predicted molar refractivity (Wildman–Crippen MR) is 94.9 cm³/mol. The van der Waals surface area contributed by atoms with E-state index in [9.17, 15) is 14.0 Å². The summed E-state index contributed by atoms with van der Waals surface area (Å²) in [6, 6.07) is 5.55. The topological polar surface area (TPSA) is 52.7 Å². The SMILES string of the molecule is CN(C(=O)NC1CCN(C(=O)C2CCCCC2)C1)c1ccc(F)cc1. The lowest BCUT2D eigenvalue weighted by Crippen LogP contribution is -2.45. The zero-order valence-corrected chi connectivity index (χ0v) is 14.7. The fraction of sp³-hybridized carbons (Fsp3) is 0.579. The average Bonchev–Trinajstić information content (AvgIpc) is 3.10. The molecule has 0 bridgehead atoms. The number of likely N-dealkylation sites (tertiary alicyclic amines) is 1. The van der Waals surface area contributed by atoms with Crippen molar-refractivity contribution < 1.29 is 14.0 Å². The van der Waals surface area contributed by atoms with E-state index in [-0.39, 0.29) is 29.7 Å². The second kappa shape index (κ2) is 7.85. The van der Waals surface area contributed by atoms with E-state index in [0.717, 1.165) is 32.1 Å². The van der Waals surface area contributed by atoms with E-state index in [2.05, 4.69) is 5.32 Å². The van der Waals surface area contributed by atoms with Crippen LogP contribution in [0.4, 0.5) is 14.9 Å². The molecule has 3 rings (SSSR count). The minimum atomic E-state index is -0.329. The lowest BCUT2D eigenvalue weighted by Gasteiger charge is -2.26. The van der Waals surface area contributed by atoms with Gasteiger partial charge in [-0.3, -0.25) is 9.69 Å². The number of hydrogen-bond acceptors (Lipinski definition) is 2. The van der Waals surface area contributed by atoms with Crippen LogP contribution in [-0.2, 0) is 4.79 Å². The third kappa shape index (κ3) is 4.30. The molecule has 136 valence electrons. The standard InChI is InChI=1S/C19H26FN3O2/c1-22(17-9-7-15(20)8-10-17)19(25)21-16-11-12-23(13-16)18(24)14-5-3-2-4-6-14/h7-10,14,16H,2-6,11-13H2,1H3,(H,21,25). The molecular formula is C19H26FN3O2. The number of carbonyl (C=O) groups excluding carboxylic acids is 2. The Kier molecular flexibility index (Phi) is 5.56. The Labute approximate surface area is 148 Å². The summed E-state index contributed by atoms with van der Waals surface area (Å²) in [4.78, 5) is 28.3. The summed E-state index contributed by atoms with van der Waals surface area (Å²) < 4.78 is 13.0. The molecule has 1 saturated carbocycles. The summed E-state index contributed by atoms with van der Waals surface area (Å²) in [5.41, 5.74) is 0.632. The van der Waals surface area contributed by atoms with E-state index in [4.69, 9.17) is 0 Å². The summed E-state index contributed by atoms with van der Waals surface area (Å²) in [6.07, 6.45) is 6.30. The number of hydrogen-bond donors (Lipinski definition) is 1. The third-order valence-electron chi connectivity index (χ3n) is 5.30. The number of nitrogens with one attached hydrogen (secondary N) is 1. The van der Waals surface area contributed by atoms with Crippen molar-refractivity contribution in [1.82, 2.24) is 10.2 Å². The van der Waals surface area contributed by atoms with Crippen molar-refractivity contribution in [3.05, 3.63) is 30.1 Å². The lowest BCUT2D eigenvalue weighted by atomic mass is 9.88. The molecule has 1 aliphatic heterocycles. The van der Waals surface area contributed by atoms with Crippen LogP contribution in [-0.4, -0.2) is 43.0 Å².